The van der Waals surface area contributed by atoms with Gasteiger partial charge in [0.1, 0.15) is 17.7 Å². The van der Waals surface area contributed by atoms with Crippen LogP contribution in [-0.4, -0.2) is 26.8 Å². The number of fused-ring (bicyclic) bond motifs is 4. The maximum atomic E-state index is 15.8. The molecule has 4 saturated carbocycles. The van der Waals surface area contributed by atoms with Gasteiger partial charge in [0.05, 0.1) is 22.7 Å². The zero-order valence-electron chi connectivity index (χ0n) is 18.6. The van der Waals surface area contributed by atoms with Crippen LogP contribution in [-0.2, 0) is 4.79 Å². The lowest BCUT2D eigenvalue weighted by atomic mass is 9.63. The molecule has 2 aromatic heterocycles. The third-order valence-corrected chi connectivity index (χ3v) is 7.70. The lowest BCUT2D eigenvalue weighted by Gasteiger charge is -2.41. The number of nitrogens with one attached hydrogen (secondary N) is 1. The van der Waals surface area contributed by atoms with E-state index in [-0.39, 0.29) is 56.9 Å². The Morgan fingerprint density at radius 2 is 1.83 bits per heavy atom. The quantitative estimate of drug-likeness (QED) is 0.481. The van der Waals surface area contributed by atoms with Crippen molar-refractivity contribution in [1.29, 1.82) is 5.26 Å². The minimum atomic E-state index is -0.975. The van der Waals surface area contributed by atoms with E-state index >= 15 is 4.39 Å². The van der Waals surface area contributed by atoms with E-state index in [4.69, 9.17) is 0 Å². The Kier molecular flexibility index (Phi) is 4.95. The molecule has 4 aliphatic carbocycles. The molecule has 6 nitrogen and oxygen atoms in total. The molecule has 0 saturated heterocycles. The van der Waals surface area contributed by atoms with Crippen LogP contribution >= 0.6 is 0 Å². The van der Waals surface area contributed by atoms with E-state index in [2.05, 4.69) is 15.0 Å². The summed E-state index contributed by atoms with van der Waals surface area (Å²) in [5, 5.41) is 20.0. The fourth-order valence-corrected chi connectivity index (χ4v) is 5.91. The van der Waals surface area contributed by atoms with Gasteiger partial charge in [0.25, 0.3) is 0 Å². The summed E-state index contributed by atoms with van der Waals surface area (Å²) in [7, 11) is 0. The monoisotopic (exact) mass is 478 g/mol. The number of benzene rings is 1. The smallest absolute Gasteiger partial charge is 0.312 e. The summed E-state index contributed by atoms with van der Waals surface area (Å²) in [4.78, 5) is 23.7. The van der Waals surface area contributed by atoms with Crippen molar-refractivity contribution in [3.63, 3.8) is 0 Å². The van der Waals surface area contributed by atoms with Crippen LogP contribution in [0.15, 0.2) is 23.3 Å². The normalized spacial score (nSPS) is 24.7. The summed E-state index contributed by atoms with van der Waals surface area (Å²) >= 11 is 0. The molecule has 0 amide bonds. The van der Waals surface area contributed by atoms with Crippen LogP contribution in [0.3, 0.4) is 0 Å². The number of nitriles is 1. The first kappa shape index (κ1) is 21.8. The minimum Gasteiger partial charge on any atom is -0.481 e. The van der Waals surface area contributed by atoms with Gasteiger partial charge in [-0.25, -0.2) is 23.1 Å². The Labute approximate surface area is 198 Å². The summed E-state index contributed by atoms with van der Waals surface area (Å²) in [6, 6.07) is 3.94. The number of aliphatic imine (C=N–C) groups is 1. The summed E-state index contributed by atoms with van der Waals surface area (Å²) in [6.07, 6.45) is 6.02. The number of pyridine rings is 1. The molecule has 0 aliphatic heterocycles. The number of aromatic nitrogens is 2. The highest BCUT2D eigenvalue weighted by molar-refractivity contribution is 6.05. The highest BCUT2D eigenvalue weighted by Gasteiger charge is 2.45. The van der Waals surface area contributed by atoms with Gasteiger partial charge in [-0.05, 0) is 62.3 Å². The second-order valence-electron chi connectivity index (χ2n) is 9.75. The number of aliphatic carboxylic acids is 1. The van der Waals surface area contributed by atoms with E-state index in [0.717, 1.165) is 37.8 Å². The molecule has 1 atom stereocenters. The fraction of sp³-hybridized carbons (Fsp3) is 0.385. The zero-order chi connectivity index (χ0) is 24.4. The van der Waals surface area contributed by atoms with Crippen LogP contribution in [0.2, 0.25) is 0 Å². The van der Waals surface area contributed by atoms with Gasteiger partial charge >= 0.3 is 5.97 Å². The molecular formula is C26H21F3N4O2. The molecule has 3 aromatic rings. The summed E-state index contributed by atoms with van der Waals surface area (Å²) < 4.78 is 44.2. The number of carboxylic acid groups (broad SMARTS) is 1. The third-order valence-electron chi connectivity index (χ3n) is 7.70. The molecular weight excluding hydrogens is 457 g/mol. The second kappa shape index (κ2) is 7.94. The van der Waals surface area contributed by atoms with Gasteiger partial charge in [-0.1, -0.05) is 0 Å². The first-order valence-corrected chi connectivity index (χ1v) is 11.8. The van der Waals surface area contributed by atoms with E-state index in [1.54, 1.807) is 0 Å². The van der Waals surface area contributed by atoms with Crippen molar-refractivity contribution in [2.24, 2.45) is 22.7 Å². The Bertz CT molecular complexity index is 1460. The van der Waals surface area contributed by atoms with E-state index in [1.165, 1.54) is 6.20 Å². The van der Waals surface area contributed by atoms with Crippen molar-refractivity contribution in [3.05, 3.63) is 46.9 Å². The maximum Gasteiger partial charge on any atom is 0.312 e. The van der Waals surface area contributed by atoms with Crippen LogP contribution in [0.5, 0.6) is 0 Å². The minimum absolute atomic E-state index is 0.0134. The highest BCUT2D eigenvalue weighted by atomic mass is 19.1. The third kappa shape index (κ3) is 3.42. The SMILES string of the molecule is N#Cc1c(-c2c[nH]c3c(F)cc(F)cc23)nc(/N=C2\C3CCC(CC3)[C@H]2C(=O)O)c(F)c1C1CC1. The largest absolute Gasteiger partial charge is 0.481 e. The maximum absolute atomic E-state index is 15.8. The van der Waals surface area contributed by atoms with Gasteiger partial charge in [-0.2, -0.15) is 5.26 Å². The number of H-pyrrole nitrogens is 1. The molecule has 0 radical (unpaired) electrons. The molecule has 9 heteroatoms. The number of halogens is 3. The van der Waals surface area contributed by atoms with Crippen LogP contribution in [0.4, 0.5) is 19.0 Å². The molecule has 2 N–H and O–H groups in total. The summed E-state index contributed by atoms with van der Waals surface area (Å²) in [5.74, 6) is -4.60. The molecule has 2 heterocycles. The number of rotatable bonds is 4. The fourth-order valence-electron chi connectivity index (χ4n) is 5.91. The molecule has 0 unspecified atom stereocenters. The predicted molar refractivity (Wildman–Crippen MR) is 122 cm³/mol. The van der Waals surface area contributed by atoms with E-state index in [0.29, 0.717) is 18.6 Å². The molecule has 0 spiro atoms. The highest BCUT2D eigenvalue weighted by Crippen LogP contribution is 2.48. The van der Waals surface area contributed by atoms with Crippen molar-refractivity contribution in [2.45, 2.75) is 44.4 Å². The predicted octanol–water partition coefficient (Wildman–Crippen LogP) is 5.99. The standard InChI is InChI=1S/C26H21F3N4O2/c27-14-7-15-17(10-31-24(15)18(28)8-14)23-16(9-30)19(11-1-2-11)21(29)25(33-23)32-22-13-5-3-12(4-6-13)20(22)26(34)35/h7-8,10-13,20,31H,1-6H2,(H,34,35)/b32-22+/t12?,13?,20-/m1/s1. The van der Waals surface area contributed by atoms with Gasteiger partial charge in [-0.3, -0.25) is 4.79 Å². The van der Waals surface area contributed by atoms with Crippen LogP contribution < -0.4 is 0 Å². The van der Waals surface area contributed by atoms with Crippen LogP contribution in [0, 0.1) is 46.5 Å². The van der Waals surface area contributed by atoms with Crippen molar-refractivity contribution < 1.29 is 23.1 Å². The van der Waals surface area contributed by atoms with Gasteiger partial charge in [0.2, 0.25) is 0 Å². The lowest BCUT2D eigenvalue weighted by molar-refractivity contribution is -0.142. The molecule has 7 rings (SSSR count). The average Bonchev–Trinajstić information content (AvgIpc) is 3.59. The number of aromatic amines is 1. The van der Waals surface area contributed by atoms with E-state index in [1.807, 2.05) is 6.07 Å². The molecule has 4 fully saturated rings. The lowest BCUT2D eigenvalue weighted by Crippen LogP contribution is -2.44. The van der Waals surface area contributed by atoms with Gasteiger partial charge in [-0.15, -0.1) is 0 Å². The Hall–Kier alpha value is -3.67. The molecule has 178 valence electrons. The first-order chi connectivity index (χ1) is 16.9. The van der Waals surface area contributed by atoms with Gasteiger partial charge in [0, 0.05) is 34.5 Å². The molecule has 2 bridgehead atoms. The summed E-state index contributed by atoms with van der Waals surface area (Å²) in [6.45, 7) is 0. The number of nitrogens with zero attached hydrogens (tertiary/aromatic N) is 3. The second-order valence-corrected chi connectivity index (χ2v) is 9.75. The van der Waals surface area contributed by atoms with Crippen molar-refractivity contribution in [3.8, 4) is 17.3 Å². The first-order valence-electron chi connectivity index (χ1n) is 11.8. The van der Waals surface area contributed by atoms with Crippen molar-refractivity contribution in [2.75, 3.05) is 0 Å². The topological polar surface area (TPSA) is 102 Å². The molecule has 4 aliphatic rings. The van der Waals surface area contributed by atoms with Crippen LogP contribution in [0.25, 0.3) is 22.2 Å². The number of carboxylic acids is 1. The average molecular weight is 478 g/mol. The van der Waals surface area contributed by atoms with E-state index < -0.39 is 29.3 Å². The zero-order valence-corrected chi connectivity index (χ0v) is 18.6. The number of hydrogen-bond acceptors (Lipinski definition) is 4. The Balaban J connectivity index is 1.60. The Morgan fingerprint density at radius 1 is 1.11 bits per heavy atom. The van der Waals surface area contributed by atoms with Gasteiger partial charge in [0.15, 0.2) is 11.6 Å². The molecule has 35 heavy (non-hydrogen) atoms. The van der Waals surface area contributed by atoms with Gasteiger partial charge < -0.3 is 10.1 Å². The van der Waals surface area contributed by atoms with Crippen molar-refractivity contribution >= 4 is 28.4 Å². The van der Waals surface area contributed by atoms with Crippen molar-refractivity contribution in [1.82, 2.24) is 9.97 Å². The van der Waals surface area contributed by atoms with Crippen LogP contribution in [0.1, 0.15) is 55.6 Å². The number of hydrogen-bond donors (Lipinski definition) is 2. The van der Waals surface area contributed by atoms with E-state index in [9.17, 15) is 23.9 Å². The molecule has 1 aromatic carbocycles. The summed E-state index contributed by atoms with van der Waals surface area (Å²) in [5.41, 5.74) is 1.03. The Morgan fingerprint density at radius 3 is 2.49 bits per heavy atom. The number of carbonyl (C=O) groups is 1.